The van der Waals surface area contributed by atoms with Gasteiger partial charge >= 0.3 is 0 Å². The van der Waals surface area contributed by atoms with Gasteiger partial charge in [0, 0.05) is 18.6 Å². The molecule has 2 atom stereocenters. The summed E-state index contributed by atoms with van der Waals surface area (Å²) in [5.74, 6) is 0. The highest BCUT2D eigenvalue weighted by Crippen LogP contribution is 2.39. The summed E-state index contributed by atoms with van der Waals surface area (Å²) in [5, 5.41) is 0. The van der Waals surface area contributed by atoms with E-state index in [0.29, 0.717) is 12.1 Å². The van der Waals surface area contributed by atoms with E-state index in [1.807, 2.05) is 0 Å². The van der Waals surface area contributed by atoms with Crippen LogP contribution in [0, 0.1) is 0 Å². The molecule has 2 aromatic carbocycles. The highest BCUT2D eigenvalue weighted by molar-refractivity contribution is 5.68. The van der Waals surface area contributed by atoms with Gasteiger partial charge < -0.3 is 0 Å². The molecule has 0 radical (unpaired) electrons. The first kappa shape index (κ1) is 18.5. The Morgan fingerprint density at radius 1 is 0.852 bits per heavy atom. The van der Waals surface area contributed by atoms with E-state index in [9.17, 15) is 0 Å². The zero-order valence-electron chi connectivity index (χ0n) is 16.7. The molecule has 142 valence electrons. The number of nitrogens with zero attached hydrogens (tertiary/aromatic N) is 1. The van der Waals surface area contributed by atoms with Gasteiger partial charge in [-0.15, -0.1) is 0 Å². The molecule has 2 aromatic rings. The van der Waals surface area contributed by atoms with Crippen LogP contribution in [0.15, 0.2) is 60.7 Å². The fourth-order valence-corrected chi connectivity index (χ4v) is 4.81. The van der Waals surface area contributed by atoms with Crippen molar-refractivity contribution in [1.82, 2.24) is 4.90 Å². The molecule has 2 aliphatic heterocycles. The van der Waals surface area contributed by atoms with Gasteiger partial charge in [0.05, 0.1) is 0 Å². The van der Waals surface area contributed by atoms with Crippen LogP contribution < -0.4 is 0 Å². The largest absolute Gasteiger partial charge is 0.289 e. The van der Waals surface area contributed by atoms with Gasteiger partial charge in [-0.25, -0.2) is 0 Å². The van der Waals surface area contributed by atoms with Gasteiger partial charge in [0.2, 0.25) is 0 Å². The summed E-state index contributed by atoms with van der Waals surface area (Å²) in [5.41, 5.74) is 5.96. The summed E-state index contributed by atoms with van der Waals surface area (Å²) in [6.45, 7) is 3.37. The number of unbranched alkanes of at least 4 members (excludes halogenated alkanes) is 3. The van der Waals surface area contributed by atoms with Crippen LogP contribution in [0.3, 0.4) is 0 Å². The van der Waals surface area contributed by atoms with Crippen LogP contribution in [-0.4, -0.2) is 17.0 Å². The van der Waals surface area contributed by atoms with Crippen LogP contribution in [-0.2, 0) is 13.0 Å². The third kappa shape index (κ3) is 4.52. The van der Waals surface area contributed by atoms with Gasteiger partial charge in [-0.05, 0) is 54.4 Å². The molecule has 0 aromatic heterocycles. The second-order valence-corrected chi connectivity index (χ2v) is 8.36. The predicted molar refractivity (Wildman–Crippen MR) is 116 cm³/mol. The van der Waals surface area contributed by atoms with Crippen LogP contribution in [0.1, 0.15) is 68.6 Å². The highest BCUT2D eigenvalue weighted by Gasteiger charge is 2.36. The van der Waals surface area contributed by atoms with Crippen molar-refractivity contribution in [2.45, 2.75) is 76.9 Å². The topological polar surface area (TPSA) is 3.24 Å². The molecule has 2 aliphatic rings. The quantitative estimate of drug-likeness (QED) is 0.478. The Morgan fingerprint density at radius 3 is 2.41 bits per heavy atom. The van der Waals surface area contributed by atoms with Crippen molar-refractivity contribution < 1.29 is 0 Å². The summed E-state index contributed by atoms with van der Waals surface area (Å²) in [6, 6.07) is 21.7. The van der Waals surface area contributed by atoms with Crippen molar-refractivity contribution in [2.75, 3.05) is 0 Å². The van der Waals surface area contributed by atoms with Crippen LogP contribution in [0.4, 0.5) is 0 Å². The fraction of sp³-hybridized carbons (Fsp3) is 0.462. The summed E-state index contributed by atoms with van der Waals surface area (Å²) in [7, 11) is 0. The summed E-state index contributed by atoms with van der Waals surface area (Å²) in [6.07, 6.45) is 13.0. The molecule has 2 unspecified atom stereocenters. The number of rotatable bonds is 8. The number of aryl methyl sites for hydroxylation is 1. The van der Waals surface area contributed by atoms with Crippen LogP contribution >= 0.6 is 0 Å². The first-order valence-electron chi connectivity index (χ1n) is 10.9. The maximum Gasteiger partial charge on any atom is 0.0291 e. The molecule has 1 fully saturated rings. The highest BCUT2D eigenvalue weighted by atomic mass is 15.2. The van der Waals surface area contributed by atoms with E-state index in [2.05, 4.69) is 72.5 Å². The molecule has 27 heavy (non-hydrogen) atoms. The standard InChI is InChI=1S/C26H33N/c1-2-3-4-6-9-21-12-14-23(15-13-21)24-18-25-16-17-26(19-24)27(25)20-22-10-7-5-8-11-22/h5,7-8,10-15,18,25-26H,2-4,6,9,16-17,19-20H2,1H3. The average molecular weight is 360 g/mol. The lowest BCUT2D eigenvalue weighted by molar-refractivity contribution is 0.203. The zero-order chi connectivity index (χ0) is 18.5. The lowest BCUT2D eigenvalue weighted by Gasteiger charge is -2.34. The first-order chi connectivity index (χ1) is 13.3. The van der Waals surface area contributed by atoms with Crippen molar-refractivity contribution in [2.24, 2.45) is 0 Å². The Kier molecular flexibility index (Phi) is 6.09. The molecule has 0 amide bonds. The van der Waals surface area contributed by atoms with E-state index in [0.717, 1.165) is 6.54 Å². The van der Waals surface area contributed by atoms with Crippen molar-refractivity contribution in [3.05, 3.63) is 77.4 Å². The fourth-order valence-electron chi connectivity index (χ4n) is 4.81. The second-order valence-electron chi connectivity index (χ2n) is 8.36. The monoisotopic (exact) mass is 359 g/mol. The molecule has 2 heterocycles. The Hall–Kier alpha value is -1.86. The Labute approximate surface area is 165 Å². The van der Waals surface area contributed by atoms with Crippen LogP contribution in [0.2, 0.25) is 0 Å². The minimum absolute atomic E-state index is 0.618. The minimum atomic E-state index is 0.618. The van der Waals surface area contributed by atoms with Crippen LogP contribution in [0.5, 0.6) is 0 Å². The summed E-state index contributed by atoms with van der Waals surface area (Å²) in [4.78, 5) is 2.72. The van der Waals surface area contributed by atoms with Crippen molar-refractivity contribution >= 4 is 5.57 Å². The Morgan fingerprint density at radius 2 is 1.67 bits per heavy atom. The number of benzene rings is 2. The van der Waals surface area contributed by atoms with E-state index in [1.54, 1.807) is 5.57 Å². The van der Waals surface area contributed by atoms with Crippen molar-refractivity contribution in [3.63, 3.8) is 0 Å². The molecular weight excluding hydrogens is 326 g/mol. The van der Waals surface area contributed by atoms with E-state index in [1.165, 1.54) is 68.1 Å². The average Bonchev–Trinajstić information content (AvgIpc) is 2.94. The zero-order valence-corrected chi connectivity index (χ0v) is 16.7. The van der Waals surface area contributed by atoms with Crippen molar-refractivity contribution in [1.29, 1.82) is 0 Å². The molecule has 2 bridgehead atoms. The van der Waals surface area contributed by atoms with Gasteiger partial charge in [-0.3, -0.25) is 4.90 Å². The van der Waals surface area contributed by atoms with Crippen molar-refractivity contribution in [3.8, 4) is 0 Å². The van der Waals surface area contributed by atoms with Gasteiger partial charge in [-0.1, -0.05) is 86.9 Å². The Balaban J connectivity index is 1.40. The van der Waals surface area contributed by atoms with E-state index in [-0.39, 0.29) is 0 Å². The molecule has 4 rings (SSSR count). The lowest BCUT2D eigenvalue weighted by atomic mass is 9.93. The molecular formula is C26H33N. The molecule has 1 saturated heterocycles. The molecule has 0 saturated carbocycles. The van der Waals surface area contributed by atoms with Gasteiger partial charge in [-0.2, -0.15) is 0 Å². The molecule has 0 aliphatic carbocycles. The van der Waals surface area contributed by atoms with Gasteiger partial charge in [0.15, 0.2) is 0 Å². The van der Waals surface area contributed by atoms with Gasteiger partial charge in [0.1, 0.15) is 0 Å². The Bertz CT molecular complexity index is 744. The molecule has 0 N–H and O–H groups in total. The minimum Gasteiger partial charge on any atom is -0.289 e. The maximum atomic E-state index is 2.72. The summed E-state index contributed by atoms with van der Waals surface area (Å²) < 4.78 is 0. The van der Waals surface area contributed by atoms with E-state index >= 15 is 0 Å². The smallest absolute Gasteiger partial charge is 0.0291 e. The summed E-state index contributed by atoms with van der Waals surface area (Å²) >= 11 is 0. The third-order valence-corrected chi connectivity index (χ3v) is 6.39. The maximum absolute atomic E-state index is 2.72. The van der Waals surface area contributed by atoms with Gasteiger partial charge in [0.25, 0.3) is 0 Å². The second kappa shape index (κ2) is 8.89. The third-order valence-electron chi connectivity index (χ3n) is 6.39. The molecule has 1 nitrogen and oxygen atoms in total. The molecule has 1 heteroatoms. The number of fused-ring (bicyclic) bond motifs is 2. The van der Waals surface area contributed by atoms with Crippen LogP contribution in [0.25, 0.3) is 5.57 Å². The number of hydrogen-bond acceptors (Lipinski definition) is 1. The SMILES string of the molecule is CCCCCCc1ccc(C2=CC3CCC(C2)N3Cc2ccccc2)cc1. The molecule has 0 spiro atoms. The predicted octanol–water partition coefficient (Wildman–Crippen LogP) is 6.63. The number of hydrogen-bond donors (Lipinski definition) is 0. The van der Waals surface area contributed by atoms with E-state index < -0.39 is 0 Å². The lowest BCUT2D eigenvalue weighted by Crippen LogP contribution is -2.37. The van der Waals surface area contributed by atoms with E-state index in [4.69, 9.17) is 0 Å². The first-order valence-corrected chi connectivity index (χ1v) is 10.9. The normalized spacial score (nSPS) is 22.0.